The third-order valence-corrected chi connectivity index (χ3v) is 5.78. The van der Waals surface area contributed by atoms with Crippen LogP contribution in [0.15, 0.2) is 0 Å². The fraction of sp³-hybridized carbons (Fsp3) is 0.800. The maximum Gasteiger partial charge on any atom is 0.124 e. The highest BCUT2D eigenvalue weighted by molar-refractivity contribution is 5.47. The van der Waals surface area contributed by atoms with Crippen molar-refractivity contribution in [3.05, 3.63) is 11.3 Å². The van der Waals surface area contributed by atoms with E-state index in [-0.39, 0.29) is 0 Å². The number of nitrogen functional groups attached to an aromatic ring is 1. The number of aromatic nitrogens is 2. The molecule has 3 aliphatic rings. The van der Waals surface area contributed by atoms with Crippen molar-refractivity contribution in [3.63, 3.8) is 0 Å². The van der Waals surface area contributed by atoms with Crippen LogP contribution in [-0.4, -0.2) is 9.78 Å². The summed E-state index contributed by atoms with van der Waals surface area (Å²) in [6, 6.07) is 0. The van der Waals surface area contributed by atoms with Crippen LogP contribution >= 0.6 is 0 Å². The number of aryl methyl sites for hydroxylation is 1. The van der Waals surface area contributed by atoms with Gasteiger partial charge in [0.05, 0.1) is 5.69 Å². The third kappa shape index (κ3) is 1.23. The van der Waals surface area contributed by atoms with Gasteiger partial charge in [0.1, 0.15) is 5.82 Å². The Bertz CT molecular complexity index is 474. The summed E-state index contributed by atoms with van der Waals surface area (Å²) < 4.78 is 1.90. The first kappa shape index (κ1) is 10.9. The van der Waals surface area contributed by atoms with Crippen molar-refractivity contribution < 1.29 is 0 Å². The van der Waals surface area contributed by atoms with E-state index < -0.39 is 0 Å². The Morgan fingerprint density at radius 1 is 1.28 bits per heavy atom. The summed E-state index contributed by atoms with van der Waals surface area (Å²) in [5, 5.41) is 4.76. The highest BCUT2D eigenvalue weighted by Gasteiger charge is 2.66. The van der Waals surface area contributed by atoms with E-state index in [1.54, 1.807) is 0 Å². The maximum atomic E-state index is 6.19. The second-order valence-electron chi connectivity index (χ2n) is 6.64. The van der Waals surface area contributed by atoms with Gasteiger partial charge < -0.3 is 5.73 Å². The van der Waals surface area contributed by atoms with E-state index >= 15 is 0 Å². The largest absolute Gasteiger partial charge is 0.384 e. The Balaban J connectivity index is 1.68. The highest BCUT2D eigenvalue weighted by Crippen LogP contribution is 2.73. The zero-order chi connectivity index (χ0) is 12.4. The average molecular weight is 245 g/mol. The molecule has 3 aliphatic carbocycles. The zero-order valence-electron chi connectivity index (χ0n) is 11.4. The molecule has 4 rings (SSSR count). The minimum atomic E-state index is 0.765. The molecule has 3 heteroatoms. The molecule has 0 amide bonds. The van der Waals surface area contributed by atoms with E-state index in [0.29, 0.717) is 0 Å². The van der Waals surface area contributed by atoms with Crippen LogP contribution in [0.4, 0.5) is 5.82 Å². The molecule has 0 aromatic carbocycles. The fourth-order valence-electron chi connectivity index (χ4n) is 5.07. The molecule has 0 spiro atoms. The first-order valence-corrected chi connectivity index (χ1v) is 7.53. The van der Waals surface area contributed by atoms with Gasteiger partial charge in [-0.2, -0.15) is 5.10 Å². The Kier molecular flexibility index (Phi) is 2.13. The van der Waals surface area contributed by atoms with Crippen LogP contribution in [0.25, 0.3) is 0 Å². The number of rotatable bonds is 3. The lowest BCUT2D eigenvalue weighted by Crippen LogP contribution is -2.01. The van der Waals surface area contributed by atoms with Crippen LogP contribution in [0.5, 0.6) is 0 Å². The Labute approximate surface area is 109 Å². The van der Waals surface area contributed by atoms with Crippen LogP contribution in [-0.2, 0) is 13.5 Å². The summed E-state index contributed by atoms with van der Waals surface area (Å²) in [4.78, 5) is 0. The number of nitrogens with two attached hydrogens (primary N) is 1. The second-order valence-corrected chi connectivity index (χ2v) is 6.64. The smallest absolute Gasteiger partial charge is 0.124 e. The minimum absolute atomic E-state index is 0.765. The van der Waals surface area contributed by atoms with Gasteiger partial charge in [0, 0.05) is 18.5 Å². The van der Waals surface area contributed by atoms with E-state index in [1.165, 1.54) is 30.5 Å². The van der Waals surface area contributed by atoms with Crippen molar-refractivity contribution in [2.45, 2.75) is 44.9 Å². The Morgan fingerprint density at radius 3 is 2.56 bits per heavy atom. The SMILES string of the molecule is CCCc1c(C2C3C4CCC(C4)C23)nn(C)c1N. The monoisotopic (exact) mass is 245 g/mol. The molecule has 2 bridgehead atoms. The van der Waals surface area contributed by atoms with Crippen LogP contribution < -0.4 is 5.73 Å². The normalized spacial score (nSPS) is 40.2. The van der Waals surface area contributed by atoms with Gasteiger partial charge >= 0.3 is 0 Å². The number of hydrogen-bond donors (Lipinski definition) is 1. The summed E-state index contributed by atoms with van der Waals surface area (Å²) in [6.45, 7) is 2.23. The van der Waals surface area contributed by atoms with E-state index in [4.69, 9.17) is 10.8 Å². The lowest BCUT2D eigenvalue weighted by atomic mass is 9.97. The number of fused-ring (bicyclic) bond motifs is 5. The van der Waals surface area contributed by atoms with Crippen molar-refractivity contribution >= 4 is 5.82 Å². The molecule has 1 aromatic heterocycles. The molecule has 3 nitrogen and oxygen atoms in total. The van der Waals surface area contributed by atoms with Gasteiger partial charge in [-0.05, 0) is 49.4 Å². The van der Waals surface area contributed by atoms with Gasteiger partial charge in [0.2, 0.25) is 0 Å². The second kappa shape index (κ2) is 3.52. The molecule has 4 unspecified atom stereocenters. The van der Waals surface area contributed by atoms with E-state index in [1.807, 2.05) is 11.7 Å². The molecule has 3 saturated carbocycles. The first-order chi connectivity index (χ1) is 8.72. The van der Waals surface area contributed by atoms with Crippen LogP contribution in [0.1, 0.15) is 49.8 Å². The molecule has 98 valence electrons. The van der Waals surface area contributed by atoms with E-state index in [9.17, 15) is 0 Å². The highest BCUT2D eigenvalue weighted by atomic mass is 15.3. The average Bonchev–Trinajstić information content (AvgIpc) is 2.67. The summed E-state index contributed by atoms with van der Waals surface area (Å²) in [5.41, 5.74) is 8.92. The van der Waals surface area contributed by atoms with Crippen LogP contribution in [0.2, 0.25) is 0 Å². The minimum Gasteiger partial charge on any atom is -0.384 e. The number of nitrogens with zero attached hydrogens (tertiary/aromatic N) is 2. The molecule has 1 aromatic rings. The van der Waals surface area contributed by atoms with Gasteiger partial charge in [-0.25, -0.2) is 0 Å². The lowest BCUT2D eigenvalue weighted by molar-refractivity contribution is 0.456. The van der Waals surface area contributed by atoms with Gasteiger partial charge in [-0.15, -0.1) is 0 Å². The van der Waals surface area contributed by atoms with Gasteiger partial charge in [0.25, 0.3) is 0 Å². The molecule has 0 aliphatic heterocycles. The van der Waals surface area contributed by atoms with Gasteiger partial charge in [-0.3, -0.25) is 4.68 Å². The third-order valence-electron chi connectivity index (χ3n) is 5.78. The summed E-state index contributed by atoms with van der Waals surface area (Å²) >= 11 is 0. The summed E-state index contributed by atoms with van der Waals surface area (Å²) in [6.07, 6.45) is 6.73. The predicted octanol–water partition coefficient (Wildman–Crippen LogP) is 2.71. The van der Waals surface area contributed by atoms with E-state index in [2.05, 4.69) is 6.92 Å². The van der Waals surface area contributed by atoms with Crippen molar-refractivity contribution in [3.8, 4) is 0 Å². The molecule has 1 heterocycles. The summed E-state index contributed by atoms with van der Waals surface area (Å²) in [7, 11) is 1.99. The fourth-order valence-corrected chi connectivity index (χ4v) is 5.07. The van der Waals surface area contributed by atoms with Crippen molar-refractivity contribution in [2.24, 2.45) is 30.7 Å². The van der Waals surface area contributed by atoms with Crippen molar-refractivity contribution in [2.75, 3.05) is 5.73 Å². The summed E-state index contributed by atoms with van der Waals surface area (Å²) in [5.74, 6) is 5.64. The maximum absolute atomic E-state index is 6.19. The molecule has 3 fully saturated rings. The first-order valence-electron chi connectivity index (χ1n) is 7.53. The molecule has 2 N–H and O–H groups in total. The Morgan fingerprint density at radius 2 is 1.94 bits per heavy atom. The molecular formula is C15H23N3. The lowest BCUT2D eigenvalue weighted by Gasteiger charge is -2.08. The molecule has 4 atom stereocenters. The van der Waals surface area contributed by atoms with Crippen LogP contribution in [0.3, 0.4) is 0 Å². The van der Waals surface area contributed by atoms with Crippen LogP contribution in [0, 0.1) is 23.7 Å². The molecular weight excluding hydrogens is 222 g/mol. The standard InChI is InChI=1S/C15H23N3/c1-3-4-10-14(17-18(2)15(10)16)13-11-8-5-6-9(7-8)12(11)13/h8-9,11-13H,3-7,16H2,1-2H3. The topological polar surface area (TPSA) is 43.8 Å². The van der Waals surface area contributed by atoms with Crippen molar-refractivity contribution in [1.29, 1.82) is 0 Å². The Hall–Kier alpha value is -0.990. The van der Waals surface area contributed by atoms with E-state index in [0.717, 1.165) is 48.2 Å². The number of hydrogen-bond acceptors (Lipinski definition) is 2. The molecule has 0 radical (unpaired) electrons. The quantitative estimate of drug-likeness (QED) is 0.889. The van der Waals surface area contributed by atoms with Gasteiger partial charge in [-0.1, -0.05) is 13.3 Å². The zero-order valence-corrected chi connectivity index (χ0v) is 11.4. The van der Waals surface area contributed by atoms with Gasteiger partial charge in [0.15, 0.2) is 0 Å². The molecule has 0 saturated heterocycles. The molecule has 18 heavy (non-hydrogen) atoms. The van der Waals surface area contributed by atoms with Crippen molar-refractivity contribution in [1.82, 2.24) is 9.78 Å². The predicted molar refractivity (Wildman–Crippen MR) is 72.2 cm³/mol. The number of anilines is 1.